The molecule has 0 saturated carbocycles. The van der Waals surface area contributed by atoms with E-state index in [1.54, 1.807) is 36.4 Å². The van der Waals surface area contributed by atoms with Crippen LogP contribution in [0.25, 0.3) is 6.08 Å². The molecular weight excluding hydrogens is 563 g/mol. The second-order valence-corrected chi connectivity index (χ2v) is 8.63. The quantitative estimate of drug-likeness (QED) is 0.249. The fraction of sp³-hybridized carbons (Fsp3) is 0.115. The van der Waals surface area contributed by atoms with Gasteiger partial charge in [0.1, 0.15) is 17.9 Å². The second kappa shape index (κ2) is 10.6. The number of anilines is 1. The minimum absolute atomic E-state index is 0.183. The van der Waals surface area contributed by atoms with Gasteiger partial charge in [0.2, 0.25) is 0 Å². The Balaban J connectivity index is 1.58. The Morgan fingerprint density at radius 3 is 2.31 bits per heavy atom. The SMILES string of the molecule is COc1cc(/C=C2\C(=O)NC(=O)N(c3ccc(OCc4ccccc4)cc3)C2=O)cc(I)c1OC. The van der Waals surface area contributed by atoms with E-state index in [0.717, 1.165) is 14.0 Å². The lowest BCUT2D eigenvalue weighted by Gasteiger charge is -2.26. The highest BCUT2D eigenvalue weighted by atomic mass is 127. The first-order valence-corrected chi connectivity index (χ1v) is 11.6. The zero-order valence-corrected chi connectivity index (χ0v) is 21.1. The van der Waals surface area contributed by atoms with Crippen molar-refractivity contribution in [2.45, 2.75) is 6.61 Å². The standard InChI is InChI=1S/C26H21IN2O6/c1-33-22-14-17(13-21(27)23(22)34-2)12-20-24(30)28-26(32)29(25(20)31)18-8-10-19(11-9-18)35-15-16-6-4-3-5-7-16/h3-14H,15H2,1-2H3,(H,28,30,32)/b20-12+. The third-order valence-electron chi connectivity index (χ3n) is 5.21. The Hall–Kier alpha value is -3.86. The van der Waals surface area contributed by atoms with Crippen LogP contribution in [0.5, 0.6) is 17.2 Å². The molecule has 1 heterocycles. The van der Waals surface area contributed by atoms with Gasteiger partial charge in [0.05, 0.1) is 23.5 Å². The fourth-order valence-corrected chi connectivity index (χ4v) is 4.36. The molecule has 3 aromatic carbocycles. The van der Waals surface area contributed by atoms with Crippen molar-refractivity contribution in [3.8, 4) is 17.2 Å². The van der Waals surface area contributed by atoms with Gasteiger partial charge in [-0.2, -0.15) is 0 Å². The number of carbonyl (C=O) groups excluding carboxylic acids is 3. The first-order valence-electron chi connectivity index (χ1n) is 10.5. The van der Waals surface area contributed by atoms with Gasteiger partial charge in [-0.15, -0.1) is 0 Å². The smallest absolute Gasteiger partial charge is 0.335 e. The molecule has 1 fully saturated rings. The van der Waals surface area contributed by atoms with Gasteiger partial charge in [-0.05, 0) is 76.2 Å². The summed E-state index contributed by atoms with van der Waals surface area (Å²) < 4.78 is 17.2. The molecule has 1 saturated heterocycles. The zero-order chi connectivity index (χ0) is 24.9. The normalized spacial score (nSPS) is 14.7. The van der Waals surface area contributed by atoms with Crippen molar-refractivity contribution in [3.63, 3.8) is 0 Å². The van der Waals surface area contributed by atoms with Crippen molar-refractivity contribution < 1.29 is 28.6 Å². The molecule has 4 rings (SSSR count). The Bertz CT molecular complexity index is 1310. The number of urea groups is 1. The molecule has 3 aromatic rings. The summed E-state index contributed by atoms with van der Waals surface area (Å²) in [5.74, 6) is 0.0644. The van der Waals surface area contributed by atoms with Crippen LogP contribution in [0.3, 0.4) is 0 Å². The van der Waals surface area contributed by atoms with E-state index in [2.05, 4.69) is 27.9 Å². The Morgan fingerprint density at radius 2 is 1.66 bits per heavy atom. The van der Waals surface area contributed by atoms with Gasteiger partial charge < -0.3 is 14.2 Å². The maximum atomic E-state index is 13.2. The number of rotatable bonds is 7. The van der Waals surface area contributed by atoms with Gasteiger partial charge in [-0.3, -0.25) is 14.9 Å². The van der Waals surface area contributed by atoms with Crippen LogP contribution in [0.2, 0.25) is 0 Å². The van der Waals surface area contributed by atoms with Crippen LogP contribution in [0.1, 0.15) is 11.1 Å². The highest BCUT2D eigenvalue weighted by molar-refractivity contribution is 14.1. The summed E-state index contributed by atoms with van der Waals surface area (Å²) in [5.41, 5.74) is 1.68. The Kier molecular flexibility index (Phi) is 7.35. The number of hydrogen-bond acceptors (Lipinski definition) is 6. The lowest BCUT2D eigenvalue weighted by molar-refractivity contribution is -0.122. The summed E-state index contributed by atoms with van der Waals surface area (Å²) in [6.07, 6.45) is 1.42. The van der Waals surface area contributed by atoms with E-state index in [4.69, 9.17) is 14.2 Å². The van der Waals surface area contributed by atoms with Gasteiger partial charge in [-0.25, -0.2) is 9.69 Å². The predicted octanol–water partition coefficient (Wildman–Crippen LogP) is 4.55. The highest BCUT2D eigenvalue weighted by Crippen LogP contribution is 2.34. The molecule has 4 amide bonds. The summed E-state index contributed by atoms with van der Waals surface area (Å²) in [5, 5.41) is 2.23. The topological polar surface area (TPSA) is 94.2 Å². The number of barbiturate groups is 1. The fourth-order valence-electron chi connectivity index (χ4n) is 3.51. The molecule has 35 heavy (non-hydrogen) atoms. The van der Waals surface area contributed by atoms with Gasteiger partial charge in [-0.1, -0.05) is 30.3 Å². The Labute approximate surface area is 215 Å². The third kappa shape index (κ3) is 5.29. The second-order valence-electron chi connectivity index (χ2n) is 7.46. The largest absolute Gasteiger partial charge is 0.493 e. The lowest BCUT2D eigenvalue weighted by atomic mass is 10.1. The number of nitrogens with zero attached hydrogens (tertiary/aromatic N) is 1. The van der Waals surface area contributed by atoms with Crippen molar-refractivity contribution >= 4 is 52.2 Å². The van der Waals surface area contributed by atoms with E-state index < -0.39 is 17.8 Å². The minimum atomic E-state index is -0.822. The van der Waals surface area contributed by atoms with Crippen LogP contribution in [-0.2, 0) is 16.2 Å². The van der Waals surface area contributed by atoms with Crippen LogP contribution in [0.4, 0.5) is 10.5 Å². The molecule has 0 aromatic heterocycles. The number of halogens is 1. The molecule has 0 atom stereocenters. The molecule has 0 spiro atoms. The number of nitrogens with one attached hydrogen (secondary N) is 1. The molecule has 0 aliphatic carbocycles. The van der Waals surface area contributed by atoms with Crippen molar-refractivity contribution in [1.82, 2.24) is 5.32 Å². The first-order chi connectivity index (χ1) is 16.9. The number of methoxy groups -OCH3 is 2. The molecule has 178 valence electrons. The van der Waals surface area contributed by atoms with Gasteiger partial charge in [0.25, 0.3) is 11.8 Å². The Morgan fingerprint density at radius 1 is 0.943 bits per heavy atom. The number of benzene rings is 3. The van der Waals surface area contributed by atoms with Gasteiger partial charge >= 0.3 is 6.03 Å². The first kappa shape index (κ1) is 24.3. The maximum Gasteiger partial charge on any atom is 0.335 e. The number of amides is 4. The van der Waals surface area contributed by atoms with Crippen LogP contribution in [-0.4, -0.2) is 32.1 Å². The predicted molar refractivity (Wildman–Crippen MR) is 138 cm³/mol. The summed E-state index contributed by atoms with van der Waals surface area (Å²) >= 11 is 2.07. The number of ether oxygens (including phenoxy) is 3. The molecule has 1 aliphatic rings. The molecule has 1 aliphatic heterocycles. The van der Waals surface area contributed by atoms with E-state index >= 15 is 0 Å². The van der Waals surface area contributed by atoms with Gasteiger partial charge in [0.15, 0.2) is 11.5 Å². The molecular formula is C26H21IN2O6. The number of hydrogen-bond donors (Lipinski definition) is 1. The number of imide groups is 2. The van der Waals surface area contributed by atoms with Crippen molar-refractivity contribution in [3.05, 3.63) is 87.0 Å². The minimum Gasteiger partial charge on any atom is -0.493 e. The number of carbonyl (C=O) groups is 3. The van der Waals surface area contributed by atoms with Crippen LogP contribution < -0.4 is 24.4 Å². The van der Waals surface area contributed by atoms with Crippen molar-refractivity contribution in [2.75, 3.05) is 19.1 Å². The third-order valence-corrected chi connectivity index (χ3v) is 6.01. The monoisotopic (exact) mass is 584 g/mol. The summed E-state index contributed by atoms with van der Waals surface area (Å²) in [6.45, 7) is 0.384. The van der Waals surface area contributed by atoms with Crippen molar-refractivity contribution in [1.29, 1.82) is 0 Å². The average molecular weight is 584 g/mol. The molecule has 9 heteroatoms. The van der Waals surface area contributed by atoms with E-state index in [1.807, 2.05) is 30.3 Å². The van der Waals surface area contributed by atoms with Crippen molar-refractivity contribution in [2.24, 2.45) is 0 Å². The van der Waals surface area contributed by atoms with E-state index in [-0.39, 0.29) is 5.57 Å². The maximum absolute atomic E-state index is 13.2. The lowest BCUT2D eigenvalue weighted by Crippen LogP contribution is -2.54. The van der Waals surface area contributed by atoms with E-state index in [1.165, 1.54) is 20.3 Å². The molecule has 0 radical (unpaired) electrons. The van der Waals surface area contributed by atoms with E-state index in [9.17, 15) is 14.4 Å². The molecule has 0 bridgehead atoms. The molecule has 1 N–H and O–H groups in total. The summed E-state index contributed by atoms with van der Waals surface area (Å²) in [7, 11) is 3.02. The highest BCUT2D eigenvalue weighted by Gasteiger charge is 2.36. The van der Waals surface area contributed by atoms with Crippen LogP contribution in [0, 0.1) is 3.57 Å². The van der Waals surface area contributed by atoms with Gasteiger partial charge in [0, 0.05) is 0 Å². The summed E-state index contributed by atoms with van der Waals surface area (Å²) in [4.78, 5) is 39.1. The van der Waals surface area contributed by atoms with Crippen LogP contribution in [0.15, 0.2) is 72.3 Å². The van der Waals surface area contributed by atoms with Crippen LogP contribution >= 0.6 is 22.6 Å². The molecule has 0 unspecified atom stereocenters. The summed E-state index contributed by atoms with van der Waals surface area (Å²) in [6, 6.07) is 18.8. The molecule has 8 nitrogen and oxygen atoms in total. The average Bonchev–Trinajstić information content (AvgIpc) is 2.86. The zero-order valence-electron chi connectivity index (χ0n) is 18.9. The van der Waals surface area contributed by atoms with E-state index in [0.29, 0.717) is 35.1 Å².